The summed E-state index contributed by atoms with van der Waals surface area (Å²) < 4.78 is 0. The maximum atomic E-state index is 12.7. The van der Waals surface area contributed by atoms with Gasteiger partial charge in [0.2, 0.25) is 0 Å². The van der Waals surface area contributed by atoms with Crippen LogP contribution in [0.15, 0.2) is 53.9 Å². The third-order valence-corrected chi connectivity index (χ3v) is 4.88. The predicted molar refractivity (Wildman–Crippen MR) is 98.8 cm³/mol. The highest BCUT2D eigenvalue weighted by molar-refractivity contribution is 7.13. The quantitative estimate of drug-likeness (QED) is 0.722. The molecule has 0 unspecified atom stereocenters. The number of hydrogen-bond donors (Lipinski definition) is 1. The number of hydrogen-bond acceptors (Lipinski definition) is 5. The van der Waals surface area contributed by atoms with E-state index in [1.807, 2.05) is 18.4 Å². The van der Waals surface area contributed by atoms with Crippen molar-refractivity contribution in [1.29, 1.82) is 0 Å². The van der Waals surface area contributed by atoms with E-state index in [0.29, 0.717) is 21.9 Å². The minimum atomic E-state index is -0.434. The lowest BCUT2D eigenvalue weighted by Gasteiger charge is -2.13. The van der Waals surface area contributed by atoms with Gasteiger partial charge in [-0.05, 0) is 37.3 Å². The summed E-state index contributed by atoms with van der Waals surface area (Å²) >= 11 is 1.32. The Bertz CT molecular complexity index is 1040. The molecule has 7 heteroatoms. The Morgan fingerprint density at radius 3 is 2.46 bits per heavy atom. The molecule has 4 rings (SSSR count). The number of fused-ring (bicyclic) bond motifs is 1. The molecule has 0 radical (unpaired) electrons. The van der Waals surface area contributed by atoms with Crippen LogP contribution in [0.3, 0.4) is 0 Å². The number of aromatic nitrogens is 1. The zero-order valence-corrected chi connectivity index (χ0v) is 14.5. The van der Waals surface area contributed by atoms with E-state index in [9.17, 15) is 14.4 Å². The van der Waals surface area contributed by atoms with Crippen molar-refractivity contribution >= 4 is 39.9 Å². The number of para-hydroxylation sites is 1. The maximum absolute atomic E-state index is 12.7. The first-order valence-electron chi connectivity index (χ1n) is 7.86. The Morgan fingerprint density at radius 1 is 1.04 bits per heavy atom. The number of carbonyl (C=O) groups excluding carboxylic acids is 3. The minimum Gasteiger partial charge on any atom is -0.298 e. The van der Waals surface area contributed by atoms with Gasteiger partial charge in [-0.3, -0.25) is 19.7 Å². The van der Waals surface area contributed by atoms with Crippen LogP contribution in [0.2, 0.25) is 0 Å². The number of nitrogens with one attached hydrogen (secondary N) is 1. The van der Waals surface area contributed by atoms with Crippen LogP contribution >= 0.6 is 11.3 Å². The highest BCUT2D eigenvalue weighted by Crippen LogP contribution is 2.29. The number of benzene rings is 2. The van der Waals surface area contributed by atoms with Gasteiger partial charge in [-0.25, -0.2) is 9.88 Å². The van der Waals surface area contributed by atoms with Crippen LogP contribution in [-0.4, -0.2) is 22.7 Å². The largest absolute Gasteiger partial charge is 0.298 e. The molecular weight excluding hydrogens is 350 g/mol. The molecule has 26 heavy (non-hydrogen) atoms. The fourth-order valence-corrected chi connectivity index (χ4v) is 3.46. The van der Waals surface area contributed by atoms with Crippen LogP contribution in [0.5, 0.6) is 0 Å². The smallest absolute Gasteiger partial charge is 0.266 e. The minimum absolute atomic E-state index is 0.224. The molecular formula is C19H13N3O3S. The molecule has 1 aliphatic rings. The zero-order valence-electron chi connectivity index (χ0n) is 13.7. The van der Waals surface area contributed by atoms with Gasteiger partial charge in [0.25, 0.3) is 17.7 Å². The second kappa shape index (κ2) is 6.20. The number of anilines is 2. The van der Waals surface area contributed by atoms with Crippen LogP contribution in [-0.2, 0) is 0 Å². The van der Waals surface area contributed by atoms with Crippen LogP contribution in [0.1, 0.15) is 36.8 Å². The summed E-state index contributed by atoms with van der Waals surface area (Å²) in [7, 11) is 0. The van der Waals surface area contributed by atoms with Crippen LogP contribution in [0, 0.1) is 6.92 Å². The molecule has 3 amide bonds. The van der Waals surface area contributed by atoms with E-state index in [2.05, 4.69) is 10.3 Å². The predicted octanol–water partition coefficient (Wildman–Crippen LogP) is 3.50. The van der Waals surface area contributed by atoms with Crippen LogP contribution < -0.4 is 10.2 Å². The lowest BCUT2D eigenvalue weighted by Crippen LogP contribution is -2.29. The summed E-state index contributed by atoms with van der Waals surface area (Å²) in [5, 5.41) is 5.02. The Hall–Kier alpha value is -3.32. The highest BCUT2D eigenvalue weighted by atomic mass is 32.1. The second-order valence-corrected chi connectivity index (χ2v) is 6.65. The molecule has 0 saturated heterocycles. The molecule has 0 bridgehead atoms. The molecule has 6 nitrogen and oxygen atoms in total. The second-order valence-electron chi connectivity index (χ2n) is 5.79. The third-order valence-electron chi connectivity index (χ3n) is 4.00. The summed E-state index contributed by atoms with van der Waals surface area (Å²) in [6.07, 6.45) is 0. The first-order valence-corrected chi connectivity index (χ1v) is 8.74. The van der Waals surface area contributed by atoms with Gasteiger partial charge in [-0.1, -0.05) is 18.2 Å². The van der Waals surface area contributed by atoms with E-state index in [0.717, 1.165) is 10.6 Å². The first kappa shape index (κ1) is 16.2. The molecule has 2 aromatic carbocycles. The number of nitrogens with zero attached hydrogens (tertiary/aromatic N) is 2. The standard InChI is InChI=1S/C19H13N3O3S/c1-11-10-26-19(20-11)21-16(23)12-7-8-14-15(9-12)18(25)22(17(14)24)13-5-3-2-4-6-13/h2-10H,1H3,(H,20,21,23). The van der Waals surface area contributed by atoms with E-state index in [1.165, 1.54) is 29.5 Å². The lowest BCUT2D eigenvalue weighted by atomic mass is 10.1. The van der Waals surface area contributed by atoms with Gasteiger partial charge < -0.3 is 0 Å². The Labute approximate surface area is 153 Å². The molecule has 1 aliphatic heterocycles. The average Bonchev–Trinajstić information content (AvgIpc) is 3.16. The van der Waals surface area contributed by atoms with Crippen LogP contribution in [0.4, 0.5) is 10.8 Å². The maximum Gasteiger partial charge on any atom is 0.266 e. The molecule has 1 aromatic heterocycles. The van der Waals surface area contributed by atoms with Gasteiger partial charge in [-0.2, -0.15) is 0 Å². The van der Waals surface area contributed by atoms with Gasteiger partial charge in [-0.15, -0.1) is 11.3 Å². The van der Waals surface area contributed by atoms with E-state index in [-0.39, 0.29) is 11.5 Å². The molecule has 1 N–H and O–H groups in total. The number of carbonyl (C=O) groups is 3. The van der Waals surface area contributed by atoms with Crippen molar-refractivity contribution in [2.45, 2.75) is 6.92 Å². The molecule has 0 aliphatic carbocycles. The zero-order chi connectivity index (χ0) is 18.3. The van der Waals surface area contributed by atoms with Crippen LogP contribution in [0.25, 0.3) is 0 Å². The number of amides is 3. The van der Waals surface area contributed by atoms with Crippen molar-refractivity contribution in [3.8, 4) is 0 Å². The number of aryl methyl sites for hydroxylation is 1. The summed E-state index contributed by atoms with van der Waals surface area (Å²) in [6.45, 7) is 1.84. The van der Waals surface area contributed by atoms with Gasteiger partial charge >= 0.3 is 0 Å². The summed E-state index contributed by atoms with van der Waals surface area (Å²) in [6, 6.07) is 13.2. The van der Waals surface area contributed by atoms with Gasteiger partial charge in [0.15, 0.2) is 5.13 Å². The topological polar surface area (TPSA) is 79.4 Å². The summed E-state index contributed by atoms with van der Waals surface area (Å²) in [5.74, 6) is -1.20. The molecule has 0 saturated carbocycles. The van der Waals surface area contributed by atoms with Crippen molar-refractivity contribution in [3.05, 3.63) is 76.3 Å². The Morgan fingerprint density at radius 2 is 1.77 bits per heavy atom. The Kier molecular flexibility index (Phi) is 3.85. The number of imide groups is 1. The molecule has 0 fully saturated rings. The summed E-state index contributed by atoms with van der Waals surface area (Å²) in [4.78, 5) is 43.0. The first-order chi connectivity index (χ1) is 12.5. The van der Waals surface area contributed by atoms with Crippen molar-refractivity contribution in [3.63, 3.8) is 0 Å². The van der Waals surface area contributed by atoms with Crippen molar-refractivity contribution < 1.29 is 14.4 Å². The average molecular weight is 363 g/mol. The molecule has 0 spiro atoms. The fraction of sp³-hybridized carbons (Fsp3) is 0.0526. The summed E-state index contributed by atoms with van der Waals surface area (Å²) in [5.41, 5.74) is 2.14. The highest BCUT2D eigenvalue weighted by Gasteiger charge is 2.37. The third kappa shape index (κ3) is 2.68. The van der Waals surface area contributed by atoms with Crippen molar-refractivity contribution in [2.24, 2.45) is 0 Å². The molecule has 3 aromatic rings. The van der Waals surface area contributed by atoms with E-state index >= 15 is 0 Å². The number of thiazole rings is 1. The van der Waals surface area contributed by atoms with Gasteiger partial charge in [0, 0.05) is 10.9 Å². The van der Waals surface area contributed by atoms with E-state index in [4.69, 9.17) is 0 Å². The fourth-order valence-electron chi connectivity index (χ4n) is 2.77. The molecule has 2 heterocycles. The lowest BCUT2D eigenvalue weighted by molar-refractivity contribution is 0.0925. The molecule has 128 valence electrons. The van der Waals surface area contributed by atoms with Gasteiger partial charge in [0.1, 0.15) is 0 Å². The van der Waals surface area contributed by atoms with E-state index in [1.54, 1.807) is 24.3 Å². The van der Waals surface area contributed by atoms with Gasteiger partial charge in [0.05, 0.1) is 22.5 Å². The SMILES string of the molecule is Cc1csc(NC(=O)c2ccc3c(c2)C(=O)N(c2ccccc2)C3=O)n1. The normalized spacial score (nSPS) is 13.0. The van der Waals surface area contributed by atoms with Crippen molar-refractivity contribution in [2.75, 3.05) is 10.2 Å². The monoisotopic (exact) mass is 363 g/mol. The van der Waals surface area contributed by atoms with Crippen molar-refractivity contribution in [1.82, 2.24) is 4.98 Å². The van der Waals surface area contributed by atoms with E-state index < -0.39 is 11.8 Å². The molecule has 0 atom stereocenters. The Balaban J connectivity index is 1.64. The number of rotatable bonds is 3.